The maximum Gasteiger partial charge on any atom is 0.123 e. The number of rotatable bonds is 2. The fraction of sp³-hybridized carbons (Fsp3) is 0.545. The summed E-state index contributed by atoms with van der Waals surface area (Å²) in [6.07, 6.45) is 7.50. The lowest BCUT2D eigenvalue weighted by atomic mass is 10.3. The molecule has 2 rings (SSSR count). The lowest BCUT2D eigenvalue weighted by Gasteiger charge is -1.87. The van der Waals surface area contributed by atoms with Crippen LogP contribution >= 0.6 is 11.3 Å². The van der Waals surface area contributed by atoms with Gasteiger partial charge >= 0.3 is 0 Å². The van der Waals surface area contributed by atoms with Gasteiger partial charge in [0.25, 0.3) is 0 Å². The van der Waals surface area contributed by atoms with Crippen LogP contribution in [-0.4, -0.2) is 5.84 Å². The Morgan fingerprint density at radius 3 is 2.07 bits per heavy atom. The van der Waals surface area contributed by atoms with Crippen LogP contribution in [0.25, 0.3) is 0 Å². The van der Waals surface area contributed by atoms with Gasteiger partial charge in [-0.15, -0.1) is 11.3 Å². The number of nitrogens with one attached hydrogen (secondary N) is 1. The summed E-state index contributed by atoms with van der Waals surface area (Å²) in [6, 6.07) is 1.84. The van der Waals surface area contributed by atoms with Gasteiger partial charge in [0.2, 0.25) is 0 Å². The van der Waals surface area contributed by atoms with Crippen molar-refractivity contribution in [3.63, 3.8) is 0 Å². The molecule has 0 bridgehead atoms. The van der Waals surface area contributed by atoms with Crippen LogP contribution in [0.3, 0.4) is 0 Å². The molecule has 1 fully saturated rings. The summed E-state index contributed by atoms with van der Waals surface area (Å²) in [5, 5.41) is 8.91. The zero-order valence-corrected chi connectivity index (χ0v) is 9.78. The van der Waals surface area contributed by atoms with Crippen LogP contribution in [0.4, 0.5) is 0 Å². The van der Waals surface area contributed by atoms with Crippen LogP contribution in [0.2, 0.25) is 0 Å². The van der Waals surface area contributed by atoms with Crippen molar-refractivity contribution in [3.8, 4) is 0 Å². The van der Waals surface area contributed by atoms with Gasteiger partial charge in [0.05, 0.1) is 0 Å². The first-order valence-corrected chi connectivity index (χ1v) is 6.24. The van der Waals surface area contributed by atoms with Crippen molar-refractivity contribution in [3.05, 3.63) is 21.9 Å². The minimum atomic E-state index is 0.107. The first-order chi connectivity index (χ1) is 7.24. The largest absolute Gasteiger partial charge is 0.384 e. The Kier molecular flexibility index (Phi) is 5.36. The molecule has 1 aromatic rings. The summed E-state index contributed by atoms with van der Waals surface area (Å²) in [4.78, 5) is 1.06. The van der Waals surface area contributed by atoms with Crippen molar-refractivity contribution in [2.75, 3.05) is 0 Å². The summed E-state index contributed by atoms with van der Waals surface area (Å²) in [7, 11) is 0. The molecule has 0 radical (unpaired) electrons. The zero-order valence-electron chi connectivity index (χ0n) is 8.96. The smallest absolute Gasteiger partial charge is 0.123 e. The van der Waals surface area contributed by atoms with E-state index in [4.69, 9.17) is 16.9 Å². The molecule has 0 atom stereocenters. The predicted molar refractivity (Wildman–Crippen MR) is 66.3 cm³/mol. The third-order valence-corrected chi connectivity index (χ3v) is 3.37. The third-order valence-electron chi connectivity index (χ3n) is 2.42. The molecule has 15 heavy (non-hydrogen) atoms. The number of nitrogen functional groups attached to an aromatic ring is 1. The van der Waals surface area contributed by atoms with E-state index >= 15 is 0 Å². The van der Waals surface area contributed by atoms with E-state index in [1.54, 1.807) is 0 Å². The van der Waals surface area contributed by atoms with E-state index in [0.29, 0.717) is 6.54 Å². The number of hydrogen-bond acceptors (Lipinski definition) is 3. The molecule has 0 spiro atoms. The standard InChI is InChI=1S/C6H9N3S.C5H10/c7-2-5-1-4(3-10-5)6(8)9;1-2-4-5-3-1/h1,3H,2,7H2,(H3,8,9);1-5H2. The molecule has 0 aromatic carbocycles. The van der Waals surface area contributed by atoms with Crippen LogP contribution in [0, 0.1) is 5.41 Å². The first kappa shape index (κ1) is 12.2. The third kappa shape index (κ3) is 4.44. The van der Waals surface area contributed by atoms with Crippen molar-refractivity contribution in [2.45, 2.75) is 38.6 Å². The van der Waals surface area contributed by atoms with E-state index in [-0.39, 0.29) is 5.84 Å². The zero-order chi connectivity index (χ0) is 11.1. The molecule has 0 amide bonds. The molecule has 1 heterocycles. The molecule has 84 valence electrons. The molecular weight excluding hydrogens is 206 g/mol. The monoisotopic (exact) mass is 225 g/mol. The molecule has 5 N–H and O–H groups in total. The van der Waals surface area contributed by atoms with Crippen LogP contribution in [-0.2, 0) is 6.54 Å². The number of nitrogens with two attached hydrogens (primary N) is 2. The average molecular weight is 225 g/mol. The fourth-order valence-electron chi connectivity index (χ4n) is 1.51. The summed E-state index contributed by atoms with van der Waals surface area (Å²) in [5.74, 6) is 0.107. The Hall–Kier alpha value is -0.870. The van der Waals surface area contributed by atoms with E-state index in [2.05, 4.69) is 0 Å². The SMILES string of the molecule is C1CCCC1.N=C(N)c1csc(CN)c1. The number of thiophene rings is 1. The van der Waals surface area contributed by atoms with Gasteiger partial charge in [-0.05, 0) is 6.07 Å². The van der Waals surface area contributed by atoms with E-state index in [9.17, 15) is 0 Å². The Bertz CT molecular complexity index is 295. The van der Waals surface area contributed by atoms with E-state index in [1.807, 2.05) is 11.4 Å². The highest BCUT2D eigenvalue weighted by atomic mass is 32.1. The number of amidine groups is 1. The Balaban J connectivity index is 0.000000187. The van der Waals surface area contributed by atoms with Crippen LogP contribution in [0.5, 0.6) is 0 Å². The van der Waals surface area contributed by atoms with Crippen molar-refractivity contribution in [1.29, 1.82) is 5.41 Å². The minimum Gasteiger partial charge on any atom is -0.384 e. The van der Waals surface area contributed by atoms with Crippen molar-refractivity contribution < 1.29 is 0 Å². The van der Waals surface area contributed by atoms with Gasteiger partial charge in [-0.1, -0.05) is 32.1 Å². The second-order valence-corrected chi connectivity index (χ2v) is 4.68. The van der Waals surface area contributed by atoms with Crippen molar-refractivity contribution >= 4 is 17.2 Å². The molecule has 1 aliphatic carbocycles. The van der Waals surface area contributed by atoms with Crippen LogP contribution in [0.15, 0.2) is 11.4 Å². The highest BCUT2D eigenvalue weighted by Gasteiger charge is 1.99. The predicted octanol–water partition coefficient (Wildman–Crippen LogP) is 2.44. The first-order valence-electron chi connectivity index (χ1n) is 5.36. The van der Waals surface area contributed by atoms with Gasteiger partial charge in [-0.2, -0.15) is 0 Å². The van der Waals surface area contributed by atoms with E-state index in [0.717, 1.165) is 10.4 Å². The molecule has 0 saturated heterocycles. The van der Waals surface area contributed by atoms with Crippen molar-refractivity contribution in [2.24, 2.45) is 11.5 Å². The quantitative estimate of drug-likeness (QED) is 0.534. The maximum atomic E-state index is 7.07. The van der Waals surface area contributed by atoms with Gasteiger partial charge in [0.15, 0.2) is 0 Å². The van der Waals surface area contributed by atoms with E-state index < -0.39 is 0 Å². The molecule has 0 unspecified atom stereocenters. The van der Waals surface area contributed by atoms with Gasteiger partial charge in [-0.25, -0.2) is 0 Å². The molecular formula is C11H19N3S. The average Bonchev–Trinajstić information content (AvgIpc) is 2.92. The summed E-state index contributed by atoms with van der Waals surface area (Å²) in [6.45, 7) is 0.526. The van der Waals surface area contributed by atoms with Gasteiger partial charge in [0.1, 0.15) is 5.84 Å². The van der Waals surface area contributed by atoms with E-state index in [1.165, 1.54) is 43.4 Å². The van der Waals surface area contributed by atoms with Gasteiger partial charge in [0, 0.05) is 22.4 Å². The Morgan fingerprint density at radius 2 is 1.80 bits per heavy atom. The molecule has 4 heteroatoms. The van der Waals surface area contributed by atoms with Gasteiger partial charge in [-0.3, -0.25) is 5.41 Å². The van der Waals surface area contributed by atoms with Gasteiger partial charge < -0.3 is 11.5 Å². The maximum absolute atomic E-state index is 7.07. The highest BCUT2D eigenvalue weighted by Crippen LogP contribution is 2.15. The molecule has 3 nitrogen and oxygen atoms in total. The molecule has 1 aliphatic rings. The summed E-state index contributed by atoms with van der Waals surface area (Å²) >= 11 is 1.53. The fourth-order valence-corrected chi connectivity index (χ4v) is 2.28. The van der Waals surface area contributed by atoms with Crippen LogP contribution in [0.1, 0.15) is 42.5 Å². The summed E-state index contributed by atoms with van der Waals surface area (Å²) in [5.41, 5.74) is 11.4. The normalized spacial score (nSPS) is 14.5. The summed E-state index contributed by atoms with van der Waals surface area (Å²) < 4.78 is 0. The minimum absolute atomic E-state index is 0.107. The molecule has 1 aromatic heterocycles. The Morgan fingerprint density at radius 1 is 1.27 bits per heavy atom. The second kappa shape index (κ2) is 6.58. The highest BCUT2D eigenvalue weighted by molar-refractivity contribution is 7.10. The topological polar surface area (TPSA) is 75.9 Å². The van der Waals surface area contributed by atoms with Crippen LogP contribution < -0.4 is 11.5 Å². The molecule has 1 saturated carbocycles. The number of hydrogen-bond donors (Lipinski definition) is 3. The Labute approximate surface area is 95.0 Å². The molecule has 0 aliphatic heterocycles. The lowest BCUT2D eigenvalue weighted by molar-refractivity contribution is 0.886. The lowest BCUT2D eigenvalue weighted by Crippen LogP contribution is -2.09. The second-order valence-electron chi connectivity index (χ2n) is 3.69. The van der Waals surface area contributed by atoms with Crippen molar-refractivity contribution in [1.82, 2.24) is 0 Å².